The van der Waals surface area contributed by atoms with Crippen LogP contribution in [-0.2, 0) is 10.0 Å². The van der Waals surface area contributed by atoms with Crippen LogP contribution in [0.2, 0.25) is 0 Å². The van der Waals surface area contributed by atoms with Crippen LogP contribution in [0.25, 0.3) is 11.0 Å². The molecule has 1 fully saturated rings. The van der Waals surface area contributed by atoms with Gasteiger partial charge in [0.15, 0.2) is 0 Å². The van der Waals surface area contributed by atoms with Crippen LogP contribution in [0, 0.1) is 12.7 Å². The number of aryl methyl sites for hydroxylation is 1. The first kappa shape index (κ1) is 21.6. The van der Waals surface area contributed by atoms with Gasteiger partial charge >= 0.3 is 6.03 Å². The second-order valence-electron chi connectivity index (χ2n) is 7.59. The maximum Gasteiger partial charge on any atom is 0.317 e. The van der Waals surface area contributed by atoms with Crippen molar-refractivity contribution in [3.8, 4) is 0 Å². The number of sulfonamides is 1. The third kappa shape index (κ3) is 4.56. The van der Waals surface area contributed by atoms with Gasteiger partial charge in [-0.3, -0.25) is 0 Å². The van der Waals surface area contributed by atoms with Gasteiger partial charge < -0.3 is 14.6 Å². The minimum Gasteiger partial charge on any atom is -0.459 e. The lowest BCUT2D eigenvalue weighted by atomic mass is 10.1. The Morgan fingerprint density at radius 1 is 1.38 bits per heavy atom. The fourth-order valence-corrected chi connectivity index (χ4v) is 5.31. The van der Waals surface area contributed by atoms with E-state index in [9.17, 15) is 17.6 Å². The molecule has 1 aliphatic heterocycles. The molecule has 2 amide bonds. The number of urea groups is 1. The molecule has 0 radical (unpaired) electrons. The number of benzene rings is 1. The topological polar surface area (TPSA) is 82.9 Å². The summed E-state index contributed by atoms with van der Waals surface area (Å²) in [6.45, 7) is 6.90. The second kappa shape index (κ2) is 8.31. The molecule has 2 aromatic rings. The third-order valence-corrected chi connectivity index (χ3v) is 6.97. The smallest absolute Gasteiger partial charge is 0.317 e. The molecule has 0 saturated carbocycles. The third-order valence-electron chi connectivity index (χ3n) is 5.57. The Kier molecular flexibility index (Phi) is 6.19. The lowest BCUT2D eigenvalue weighted by Gasteiger charge is -2.37. The molecular weight excluding hydrogens is 397 g/mol. The predicted octanol–water partition coefficient (Wildman–Crippen LogP) is 3.40. The Hall–Kier alpha value is -2.13. The highest BCUT2D eigenvalue weighted by Gasteiger charge is 2.31. The van der Waals surface area contributed by atoms with Gasteiger partial charge in [0.2, 0.25) is 10.0 Å². The Balaban J connectivity index is 1.63. The van der Waals surface area contributed by atoms with Crippen molar-refractivity contribution in [3.05, 3.63) is 35.3 Å². The minimum absolute atomic E-state index is 0.0796. The highest BCUT2D eigenvalue weighted by molar-refractivity contribution is 7.88. The van der Waals surface area contributed by atoms with E-state index in [0.717, 1.165) is 5.56 Å². The number of carbonyl (C=O) groups is 1. The van der Waals surface area contributed by atoms with Gasteiger partial charge in [-0.15, -0.1) is 0 Å². The predicted molar refractivity (Wildman–Crippen MR) is 110 cm³/mol. The largest absolute Gasteiger partial charge is 0.459 e. The molecule has 29 heavy (non-hydrogen) atoms. The van der Waals surface area contributed by atoms with E-state index in [0.29, 0.717) is 49.2 Å². The monoisotopic (exact) mass is 425 g/mol. The minimum atomic E-state index is -3.25. The fraction of sp³-hybridized carbons (Fsp3) is 0.550. The van der Waals surface area contributed by atoms with Gasteiger partial charge in [-0.05, 0) is 44.9 Å². The van der Waals surface area contributed by atoms with Crippen molar-refractivity contribution in [1.29, 1.82) is 0 Å². The van der Waals surface area contributed by atoms with E-state index in [1.807, 2.05) is 20.8 Å². The van der Waals surface area contributed by atoms with E-state index in [1.54, 1.807) is 11.0 Å². The first-order valence-electron chi connectivity index (χ1n) is 9.82. The molecule has 1 aromatic carbocycles. The average Bonchev–Trinajstić information content (AvgIpc) is 2.98. The Labute approximate surface area is 170 Å². The van der Waals surface area contributed by atoms with Crippen LogP contribution in [0.1, 0.15) is 44.1 Å². The fourth-order valence-electron chi connectivity index (χ4n) is 4.09. The Morgan fingerprint density at radius 3 is 2.62 bits per heavy atom. The van der Waals surface area contributed by atoms with Crippen molar-refractivity contribution in [3.63, 3.8) is 0 Å². The van der Waals surface area contributed by atoms with E-state index in [4.69, 9.17) is 4.42 Å². The number of piperidine rings is 1. The summed E-state index contributed by atoms with van der Waals surface area (Å²) >= 11 is 0. The number of fused-ring (bicyclic) bond motifs is 1. The van der Waals surface area contributed by atoms with Crippen LogP contribution >= 0.6 is 0 Å². The number of nitrogens with one attached hydrogen (secondary N) is 1. The number of halogens is 1. The molecule has 1 aromatic heterocycles. The maximum atomic E-state index is 13.5. The van der Waals surface area contributed by atoms with Crippen LogP contribution in [-0.4, -0.2) is 55.6 Å². The first-order chi connectivity index (χ1) is 13.6. The van der Waals surface area contributed by atoms with Gasteiger partial charge in [-0.25, -0.2) is 17.6 Å². The molecule has 1 aliphatic rings. The Bertz CT molecular complexity index is 997. The second-order valence-corrected chi connectivity index (χ2v) is 9.52. The number of likely N-dealkylation sites (tertiary alicyclic amines) is 1. The molecule has 7 nitrogen and oxygen atoms in total. The summed E-state index contributed by atoms with van der Waals surface area (Å²) in [6.07, 6.45) is 2.43. The lowest BCUT2D eigenvalue weighted by molar-refractivity contribution is 0.156. The molecule has 160 valence electrons. The zero-order valence-corrected chi connectivity index (χ0v) is 18.1. The van der Waals surface area contributed by atoms with Gasteiger partial charge in [0.25, 0.3) is 0 Å². The number of nitrogens with zero attached hydrogens (tertiary/aromatic N) is 2. The van der Waals surface area contributed by atoms with Gasteiger partial charge in [0.05, 0.1) is 12.3 Å². The molecule has 1 N–H and O–H groups in total. The van der Waals surface area contributed by atoms with Crippen molar-refractivity contribution in [2.45, 2.75) is 45.7 Å². The van der Waals surface area contributed by atoms with Crippen molar-refractivity contribution in [1.82, 2.24) is 14.5 Å². The van der Waals surface area contributed by atoms with Gasteiger partial charge in [-0.1, -0.05) is 6.92 Å². The summed E-state index contributed by atoms with van der Waals surface area (Å²) in [6, 6.07) is 3.69. The summed E-state index contributed by atoms with van der Waals surface area (Å²) in [5.74, 6) is 0.269. The SMILES string of the molecule is CCN(C1CCN(C(=O)NC(C)c2oc3ccc(F)cc3c2C)CC1)S(C)(=O)=O. The van der Waals surface area contributed by atoms with Crippen molar-refractivity contribution in [2.75, 3.05) is 25.9 Å². The van der Waals surface area contributed by atoms with E-state index in [1.165, 1.54) is 22.7 Å². The van der Waals surface area contributed by atoms with Crippen molar-refractivity contribution >= 4 is 27.0 Å². The van der Waals surface area contributed by atoms with Crippen molar-refractivity contribution in [2.24, 2.45) is 0 Å². The molecule has 3 rings (SSSR count). The molecule has 0 aliphatic carbocycles. The summed E-state index contributed by atoms with van der Waals surface area (Å²) in [7, 11) is -3.25. The van der Waals surface area contributed by atoms with Crippen LogP contribution in [0.4, 0.5) is 9.18 Å². The molecule has 0 bridgehead atoms. The molecule has 0 spiro atoms. The summed E-state index contributed by atoms with van der Waals surface area (Å²) in [5.41, 5.74) is 1.39. The zero-order chi connectivity index (χ0) is 21.3. The van der Waals surface area contributed by atoms with E-state index < -0.39 is 10.0 Å². The molecule has 2 heterocycles. The molecule has 9 heteroatoms. The normalized spacial score (nSPS) is 17.1. The van der Waals surface area contributed by atoms with Crippen LogP contribution in [0.3, 0.4) is 0 Å². The van der Waals surface area contributed by atoms with E-state index in [-0.39, 0.29) is 23.9 Å². The number of carbonyl (C=O) groups excluding carboxylic acids is 1. The van der Waals surface area contributed by atoms with Crippen LogP contribution in [0.5, 0.6) is 0 Å². The zero-order valence-electron chi connectivity index (χ0n) is 17.2. The maximum absolute atomic E-state index is 13.5. The van der Waals surface area contributed by atoms with Gasteiger partial charge in [0.1, 0.15) is 17.2 Å². The van der Waals surface area contributed by atoms with Gasteiger partial charge in [0, 0.05) is 36.6 Å². The summed E-state index contributed by atoms with van der Waals surface area (Å²) in [4.78, 5) is 14.4. The van der Waals surface area contributed by atoms with Crippen LogP contribution in [0.15, 0.2) is 22.6 Å². The highest BCUT2D eigenvalue weighted by atomic mass is 32.2. The first-order valence-corrected chi connectivity index (χ1v) is 11.7. The summed E-state index contributed by atoms with van der Waals surface area (Å²) < 4.78 is 44.7. The van der Waals surface area contributed by atoms with Crippen LogP contribution < -0.4 is 5.32 Å². The number of rotatable bonds is 5. The average molecular weight is 426 g/mol. The molecule has 1 unspecified atom stereocenters. The molecule has 1 atom stereocenters. The highest BCUT2D eigenvalue weighted by Crippen LogP contribution is 2.30. The Morgan fingerprint density at radius 2 is 2.03 bits per heavy atom. The molecule has 1 saturated heterocycles. The van der Waals surface area contributed by atoms with E-state index in [2.05, 4.69) is 5.32 Å². The van der Waals surface area contributed by atoms with Crippen molar-refractivity contribution < 1.29 is 22.0 Å². The number of hydrogen-bond acceptors (Lipinski definition) is 4. The molecular formula is C20H28FN3O4S. The van der Waals surface area contributed by atoms with Gasteiger partial charge in [-0.2, -0.15) is 4.31 Å². The number of hydrogen-bond donors (Lipinski definition) is 1. The summed E-state index contributed by atoms with van der Waals surface area (Å²) in [5, 5.41) is 3.63. The number of amides is 2. The lowest BCUT2D eigenvalue weighted by Crippen LogP contribution is -2.50. The quantitative estimate of drug-likeness (QED) is 0.796. The number of furan rings is 1. The standard InChI is InChI=1S/C20H28FN3O4S/c1-5-24(29(4,26)27)16-8-10-23(11-9-16)20(25)22-14(3)19-13(2)17-12-15(21)6-7-18(17)28-19/h6-7,12,14,16H,5,8-11H2,1-4H3,(H,22,25). The van der Waals surface area contributed by atoms with E-state index >= 15 is 0 Å².